The van der Waals surface area contributed by atoms with Crippen molar-refractivity contribution in [1.29, 1.82) is 0 Å². The van der Waals surface area contributed by atoms with Gasteiger partial charge in [0.15, 0.2) is 0 Å². The summed E-state index contributed by atoms with van der Waals surface area (Å²) in [6, 6.07) is -1.23. The number of carboxylic acid groups (broad SMARTS) is 1. The van der Waals surface area contributed by atoms with Gasteiger partial charge >= 0.3 is 18.2 Å². The molecule has 1 aliphatic carbocycles. The smallest absolute Gasteiger partial charge is 0.405 e. The predicted molar refractivity (Wildman–Crippen MR) is 46.8 cm³/mol. The molecule has 8 heteroatoms. The number of rotatable bonds is 4. The molecule has 1 saturated carbocycles. The molecule has 0 bridgehead atoms. The maximum atomic E-state index is 11.8. The number of carbonyl (C=O) groups excluding carboxylic acids is 1. The average Bonchev–Trinajstić information content (AvgIpc) is 2.92. The van der Waals surface area contributed by atoms with Crippen molar-refractivity contribution in [2.24, 2.45) is 0 Å². The van der Waals surface area contributed by atoms with Crippen LogP contribution in [0.2, 0.25) is 0 Å². The molecule has 2 N–H and O–H groups in total. The number of aliphatic carboxylic acids is 1. The Balaban J connectivity index is 2.44. The molecule has 0 aromatic carbocycles. The van der Waals surface area contributed by atoms with Crippen molar-refractivity contribution in [3.05, 3.63) is 0 Å². The van der Waals surface area contributed by atoms with Crippen LogP contribution in [0.15, 0.2) is 0 Å². The minimum atomic E-state index is -4.49. The zero-order chi connectivity index (χ0) is 12.3. The van der Waals surface area contributed by atoms with Gasteiger partial charge in [0.25, 0.3) is 0 Å². The Morgan fingerprint density at radius 1 is 1.38 bits per heavy atom. The fourth-order valence-electron chi connectivity index (χ4n) is 1.18. The van der Waals surface area contributed by atoms with E-state index in [1.54, 1.807) is 5.32 Å². The van der Waals surface area contributed by atoms with Crippen LogP contribution in [0.5, 0.6) is 0 Å². The summed E-state index contributed by atoms with van der Waals surface area (Å²) in [5.74, 6) is -1.24. The number of halogens is 3. The minimum absolute atomic E-state index is 0.246. The van der Waals surface area contributed by atoms with E-state index in [1.165, 1.54) is 0 Å². The van der Waals surface area contributed by atoms with Gasteiger partial charge < -0.3 is 15.3 Å². The first-order valence-corrected chi connectivity index (χ1v) is 4.62. The molecule has 0 heterocycles. The fourth-order valence-corrected chi connectivity index (χ4v) is 1.18. The monoisotopic (exact) mass is 240 g/mol. The van der Waals surface area contributed by atoms with E-state index in [0.717, 1.165) is 4.90 Å². The Labute approximate surface area is 89.2 Å². The first kappa shape index (κ1) is 12.6. The molecule has 0 radical (unpaired) electrons. The fraction of sp³-hybridized carbons (Fsp3) is 0.750. The lowest BCUT2D eigenvalue weighted by Crippen LogP contribution is -2.46. The second-order valence-electron chi connectivity index (χ2n) is 3.53. The molecule has 0 aromatic rings. The van der Waals surface area contributed by atoms with Crippen molar-refractivity contribution in [3.8, 4) is 0 Å². The van der Waals surface area contributed by atoms with Gasteiger partial charge in [-0.15, -0.1) is 0 Å². The molecule has 0 aromatic heterocycles. The zero-order valence-corrected chi connectivity index (χ0v) is 8.25. The number of carboxylic acids is 1. The van der Waals surface area contributed by atoms with Crippen LogP contribution in [0.25, 0.3) is 0 Å². The Bertz CT molecular complexity index is 289. The SMILES string of the molecule is O=C(O)CN(C(=O)NCC(F)(F)F)C1CC1. The molecule has 0 atom stereocenters. The molecule has 2 amide bonds. The molecule has 1 aliphatic rings. The summed E-state index contributed by atoms with van der Waals surface area (Å²) >= 11 is 0. The topological polar surface area (TPSA) is 69.6 Å². The number of hydrogen-bond donors (Lipinski definition) is 2. The highest BCUT2D eigenvalue weighted by atomic mass is 19.4. The first-order chi connectivity index (χ1) is 7.29. The van der Waals surface area contributed by atoms with Crippen LogP contribution in [0.1, 0.15) is 12.8 Å². The summed E-state index contributed by atoms with van der Waals surface area (Å²) < 4.78 is 35.4. The van der Waals surface area contributed by atoms with Crippen molar-refractivity contribution in [2.75, 3.05) is 13.1 Å². The van der Waals surface area contributed by atoms with Crippen molar-refractivity contribution in [2.45, 2.75) is 25.1 Å². The van der Waals surface area contributed by atoms with Gasteiger partial charge in [-0.2, -0.15) is 13.2 Å². The number of nitrogens with zero attached hydrogens (tertiary/aromatic N) is 1. The molecule has 1 rings (SSSR count). The second-order valence-corrected chi connectivity index (χ2v) is 3.53. The van der Waals surface area contributed by atoms with Gasteiger partial charge in [-0.25, -0.2) is 4.79 Å². The molecule has 92 valence electrons. The van der Waals surface area contributed by atoms with Crippen LogP contribution in [0, 0.1) is 0 Å². The summed E-state index contributed by atoms with van der Waals surface area (Å²) in [6.45, 7) is -2.02. The van der Waals surface area contributed by atoms with E-state index in [1.807, 2.05) is 0 Å². The summed E-state index contributed by atoms with van der Waals surface area (Å²) in [4.78, 5) is 22.6. The lowest BCUT2D eigenvalue weighted by atomic mass is 10.5. The van der Waals surface area contributed by atoms with Crippen LogP contribution in [0.3, 0.4) is 0 Å². The highest BCUT2D eigenvalue weighted by molar-refractivity contribution is 5.80. The molecular formula is C8H11F3N2O3. The number of urea groups is 1. The molecule has 0 aliphatic heterocycles. The molecule has 1 fully saturated rings. The third-order valence-corrected chi connectivity index (χ3v) is 1.99. The van der Waals surface area contributed by atoms with Crippen molar-refractivity contribution in [1.82, 2.24) is 10.2 Å². The Kier molecular flexibility index (Phi) is 3.61. The van der Waals surface area contributed by atoms with Crippen LogP contribution in [-0.4, -0.2) is 47.3 Å². The van der Waals surface area contributed by atoms with E-state index in [2.05, 4.69) is 0 Å². The number of amides is 2. The summed E-state index contributed by atoms with van der Waals surface area (Å²) in [6.07, 6.45) is -3.23. The van der Waals surface area contributed by atoms with E-state index < -0.39 is 31.3 Å². The van der Waals surface area contributed by atoms with Gasteiger partial charge in [-0.05, 0) is 12.8 Å². The molecule has 0 saturated heterocycles. The van der Waals surface area contributed by atoms with Gasteiger partial charge in [-0.1, -0.05) is 0 Å². The lowest BCUT2D eigenvalue weighted by Gasteiger charge is -2.21. The van der Waals surface area contributed by atoms with Gasteiger partial charge in [0.05, 0.1) is 0 Å². The van der Waals surface area contributed by atoms with Gasteiger partial charge in [0.2, 0.25) is 0 Å². The van der Waals surface area contributed by atoms with E-state index in [9.17, 15) is 22.8 Å². The van der Waals surface area contributed by atoms with Gasteiger partial charge in [0.1, 0.15) is 13.1 Å². The third-order valence-electron chi connectivity index (χ3n) is 1.99. The van der Waals surface area contributed by atoms with Gasteiger partial charge in [-0.3, -0.25) is 4.79 Å². The standard InChI is InChI=1S/C8H11F3N2O3/c9-8(10,11)4-12-7(16)13(3-6(14)15)5-1-2-5/h5H,1-4H2,(H,12,16)(H,14,15). The first-order valence-electron chi connectivity index (χ1n) is 4.62. The lowest BCUT2D eigenvalue weighted by molar-refractivity contribution is -0.137. The molecular weight excluding hydrogens is 229 g/mol. The Hall–Kier alpha value is -1.47. The van der Waals surface area contributed by atoms with Crippen molar-refractivity contribution < 1.29 is 27.9 Å². The van der Waals surface area contributed by atoms with Crippen LogP contribution < -0.4 is 5.32 Å². The summed E-state index contributed by atoms with van der Waals surface area (Å²) in [7, 11) is 0. The van der Waals surface area contributed by atoms with Gasteiger partial charge in [0, 0.05) is 6.04 Å². The molecule has 16 heavy (non-hydrogen) atoms. The predicted octanol–water partition coefficient (Wildman–Crippen LogP) is 0.807. The number of hydrogen-bond acceptors (Lipinski definition) is 2. The maximum Gasteiger partial charge on any atom is 0.405 e. The molecule has 5 nitrogen and oxygen atoms in total. The van der Waals surface area contributed by atoms with E-state index in [0.29, 0.717) is 12.8 Å². The maximum absolute atomic E-state index is 11.8. The van der Waals surface area contributed by atoms with Crippen LogP contribution in [0.4, 0.5) is 18.0 Å². The zero-order valence-electron chi connectivity index (χ0n) is 8.25. The Morgan fingerprint density at radius 2 is 1.94 bits per heavy atom. The van der Waals surface area contributed by atoms with Crippen molar-refractivity contribution >= 4 is 12.0 Å². The highest BCUT2D eigenvalue weighted by Gasteiger charge is 2.35. The van der Waals surface area contributed by atoms with Crippen molar-refractivity contribution in [3.63, 3.8) is 0 Å². The normalized spacial score (nSPS) is 15.7. The van der Waals surface area contributed by atoms with E-state index >= 15 is 0 Å². The number of nitrogens with one attached hydrogen (secondary N) is 1. The van der Waals surface area contributed by atoms with E-state index in [4.69, 9.17) is 5.11 Å². The summed E-state index contributed by atoms with van der Waals surface area (Å²) in [5, 5.41) is 10.1. The third kappa shape index (κ3) is 4.37. The number of alkyl halides is 3. The highest BCUT2D eigenvalue weighted by Crippen LogP contribution is 2.26. The average molecular weight is 240 g/mol. The quantitative estimate of drug-likeness (QED) is 0.763. The number of carbonyl (C=O) groups is 2. The summed E-state index contributed by atoms with van der Waals surface area (Å²) in [5.41, 5.74) is 0. The molecule has 0 unspecified atom stereocenters. The molecule has 0 spiro atoms. The Morgan fingerprint density at radius 3 is 2.31 bits per heavy atom. The van der Waals surface area contributed by atoms with Crippen LogP contribution in [-0.2, 0) is 4.79 Å². The largest absolute Gasteiger partial charge is 0.480 e. The second kappa shape index (κ2) is 4.58. The van der Waals surface area contributed by atoms with Crippen LogP contribution >= 0.6 is 0 Å². The minimum Gasteiger partial charge on any atom is -0.480 e. The van der Waals surface area contributed by atoms with E-state index in [-0.39, 0.29) is 6.04 Å².